The van der Waals surface area contributed by atoms with Crippen LogP contribution in [0.3, 0.4) is 0 Å². The van der Waals surface area contributed by atoms with E-state index < -0.39 is 0 Å². The summed E-state index contributed by atoms with van der Waals surface area (Å²) in [7, 11) is 1.79. The first kappa shape index (κ1) is 17.7. The van der Waals surface area contributed by atoms with Gasteiger partial charge in [-0.25, -0.2) is 9.78 Å². The second-order valence-electron chi connectivity index (χ2n) is 6.70. The van der Waals surface area contributed by atoms with E-state index in [9.17, 15) is 4.79 Å². The van der Waals surface area contributed by atoms with E-state index in [1.54, 1.807) is 29.3 Å². The van der Waals surface area contributed by atoms with Crippen LogP contribution in [0.5, 0.6) is 0 Å². The first-order valence-corrected chi connectivity index (χ1v) is 9.93. The number of fused-ring (bicyclic) bond motifs is 1. The number of nitrogens with zero attached hydrogens (tertiary/aromatic N) is 4. The number of carbonyl (C=O) groups is 1. The molecule has 0 fully saturated rings. The largest absolute Gasteiger partial charge is 0.329 e. The van der Waals surface area contributed by atoms with Crippen LogP contribution in [0.25, 0.3) is 11.4 Å². The molecular formula is C19H22N6OS. The number of aromatic nitrogens is 4. The second kappa shape index (κ2) is 7.48. The van der Waals surface area contributed by atoms with Gasteiger partial charge in [0.1, 0.15) is 16.5 Å². The maximum Gasteiger partial charge on any atom is 0.320 e. The number of rotatable bonds is 4. The topological polar surface area (TPSA) is 84.7 Å². The lowest BCUT2D eigenvalue weighted by Crippen LogP contribution is -2.31. The molecule has 0 saturated carbocycles. The maximum atomic E-state index is 12.4. The Hall–Kier alpha value is -2.74. The predicted molar refractivity (Wildman–Crippen MR) is 106 cm³/mol. The number of nitrogens with one attached hydrogen (secondary N) is 2. The zero-order chi connectivity index (χ0) is 18.8. The summed E-state index contributed by atoms with van der Waals surface area (Å²) in [5.41, 5.74) is 2.69. The molecule has 0 radical (unpaired) electrons. The Bertz CT molecular complexity index is 925. The third-order valence-electron chi connectivity index (χ3n) is 4.63. The van der Waals surface area contributed by atoms with Crippen LogP contribution in [0, 0.1) is 0 Å². The summed E-state index contributed by atoms with van der Waals surface area (Å²) in [6.45, 7) is 1.96. The Kier molecular flexibility index (Phi) is 4.89. The van der Waals surface area contributed by atoms with Crippen molar-refractivity contribution >= 4 is 23.2 Å². The van der Waals surface area contributed by atoms with Crippen LogP contribution in [0.2, 0.25) is 0 Å². The van der Waals surface area contributed by atoms with Crippen LogP contribution in [0.1, 0.15) is 41.4 Å². The van der Waals surface area contributed by atoms with Crippen molar-refractivity contribution in [3.8, 4) is 11.4 Å². The lowest BCUT2D eigenvalue weighted by atomic mass is 10.0. The number of amides is 2. The molecule has 27 heavy (non-hydrogen) atoms. The molecule has 0 aliphatic heterocycles. The molecule has 3 heterocycles. The van der Waals surface area contributed by atoms with Crippen molar-refractivity contribution in [1.29, 1.82) is 0 Å². The van der Waals surface area contributed by atoms with Crippen molar-refractivity contribution in [2.24, 2.45) is 7.05 Å². The molecule has 0 unspecified atom stereocenters. The molecule has 3 aromatic rings. The van der Waals surface area contributed by atoms with Crippen molar-refractivity contribution < 1.29 is 4.79 Å². The van der Waals surface area contributed by atoms with Gasteiger partial charge in [0.15, 0.2) is 0 Å². The standard InChI is InChI=1S/C19H22N6OS/c1-12(18-22-14-8-3-4-9-16(14)27-18)21-19(26)23-17-11-15(24-25(17)2)13-7-5-6-10-20-13/h5-7,10-12H,3-4,8-9H2,1-2H3,(H2,21,23,26)/t12-/m1/s1. The summed E-state index contributed by atoms with van der Waals surface area (Å²) < 4.78 is 1.64. The number of anilines is 1. The molecule has 1 aliphatic rings. The maximum absolute atomic E-state index is 12.4. The Morgan fingerprint density at radius 2 is 2.11 bits per heavy atom. The van der Waals surface area contributed by atoms with Crippen LogP contribution in [0.4, 0.5) is 10.6 Å². The molecule has 7 nitrogen and oxygen atoms in total. The van der Waals surface area contributed by atoms with E-state index in [-0.39, 0.29) is 12.1 Å². The molecule has 1 aliphatic carbocycles. The van der Waals surface area contributed by atoms with E-state index in [4.69, 9.17) is 4.98 Å². The Labute approximate surface area is 161 Å². The predicted octanol–water partition coefficient (Wildman–Crippen LogP) is 3.70. The quantitative estimate of drug-likeness (QED) is 0.720. The number of carbonyl (C=O) groups excluding carboxylic acids is 1. The molecule has 1 atom stereocenters. The van der Waals surface area contributed by atoms with Crippen molar-refractivity contribution in [1.82, 2.24) is 25.1 Å². The average Bonchev–Trinajstić information content (AvgIpc) is 3.26. The minimum absolute atomic E-state index is 0.135. The van der Waals surface area contributed by atoms with Gasteiger partial charge in [-0.2, -0.15) is 5.10 Å². The van der Waals surface area contributed by atoms with Gasteiger partial charge in [0.25, 0.3) is 0 Å². The van der Waals surface area contributed by atoms with E-state index in [0.717, 1.165) is 23.5 Å². The molecule has 0 saturated heterocycles. The smallest absolute Gasteiger partial charge is 0.320 e. The fraction of sp³-hybridized carbons (Fsp3) is 0.368. The van der Waals surface area contributed by atoms with Gasteiger partial charge in [-0.05, 0) is 44.7 Å². The number of hydrogen-bond donors (Lipinski definition) is 2. The van der Waals surface area contributed by atoms with Crippen molar-refractivity contribution in [2.75, 3.05) is 5.32 Å². The minimum Gasteiger partial charge on any atom is -0.329 e. The molecule has 3 aromatic heterocycles. The van der Waals surface area contributed by atoms with Gasteiger partial charge in [-0.1, -0.05) is 6.07 Å². The summed E-state index contributed by atoms with van der Waals surface area (Å²) in [5, 5.41) is 11.2. The van der Waals surface area contributed by atoms with Crippen molar-refractivity contribution in [3.05, 3.63) is 46.0 Å². The summed E-state index contributed by atoms with van der Waals surface area (Å²) in [6.07, 6.45) is 6.32. The van der Waals surface area contributed by atoms with Gasteiger partial charge in [0, 0.05) is 24.2 Å². The lowest BCUT2D eigenvalue weighted by molar-refractivity contribution is 0.249. The highest BCUT2D eigenvalue weighted by Crippen LogP contribution is 2.29. The minimum atomic E-state index is -0.272. The SMILES string of the molecule is C[C@@H](NC(=O)Nc1cc(-c2ccccn2)nn1C)c1nc2c(s1)CCCC2. The fourth-order valence-electron chi connectivity index (χ4n) is 3.19. The fourth-order valence-corrected chi connectivity index (χ4v) is 4.35. The number of urea groups is 1. The molecule has 140 valence electrons. The first-order chi connectivity index (χ1) is 13.1. The highest BCUT2D eigenvalue weighted by Gasteiger charge is 2.20. The van der Waals surface area contributed by atoms with Gasteiger partial charge < -0.3 is 5.32 Å². The third-order valence-corrected chi connectivity index (χ3v) is 5.97. The van der Waals surface area contributed by atoms with Crippen LogP contribution in [-0.2, 0) is 19.9 Å². The normalized spacial score (nSPS) is 14.4. The van der Waals surface area contributed by atoms with Crippen molar-refractivity contribution in [3.63, 3.8) is 0 Å². The van der Waals surface area contributed by atoms with Crippen molar-refractivity contribution in [2.45, 2.75) is 38.6 Å². The van der Waals surface area contributed by atoms with Crippen LogP contribution in [0.15, 0.2) is 30.5 Å². The highest BCUT2D eigenvalue weighted by atomic mass is 32.1. The zero-order valence-corrected chi connectivity index (χ0v) is 16.2. The molecule has 0 spiro atoms. The van der Waals surface area contributed by atoms with Crippen LogP contribution < -0.4 is 10.6 Å². The Morgan fingerprint density at radius 3 is 2.89 bits per heavy atom. The molecular weight excluding hydrogens is 360 g/mol. The monoisotopic (exact) mass is 382 g/mol. The summed E-state index contributed by atoms with van der Waals surface area (Å²) in [5.74, 6) is 0.610. The molecule has 0 aromatic carbocycles. The lowest BCUT2D eigenvalue weighted by Gasteiger charge is -2.12. The van der Waals surface area contributed by atoms with E-state index in [0.29, 0.717) is 11.5 Å². The number of aryl methyl sites for hydroxylation is 3. The molecule has 2 amide bonds. The molecule has 0 bridgehead atoms. The van der Waals surface area contributed by atoms with E-state index in [1.807, 2.05) is 31.2 Å². The van der Waals surface area contributed by atoms with Crippen LogP contribution >= 0.6 is 11.3 Å². The molecule has 2 N–H and O–H groups in total. The first-order valence-electron chi connectivity index (χ1n) is 9.11. The Morgan fingerprint density at radius 1 is 1.26 bits per heavy atom. The number of thiazole rings is 1. The highest BCUT2D eigenvalue weighted by molar-refractivity contribution is 7.11. The van der Waals surface area contributed by atoms with Gasteiger partial charge in [-0.15, -0.1) is 11.3 Å². The van der Waals surface area contributed by atoms with E-state index >= 15 is 0 Å². The number of hydrogen-bond acceptors (Lipinski definition) is 5. The van der Waals surface area contributed by atoms with Gasteiger partial charge >= 0.3 is 6.03 Å². The third kappa shape index (κ3) is 3.85. The summed E-state index contributed by atoms with van der Waals surface area (Å²) in [4.78, 5) is 22.8. The van der Waals surface area contributed by atoms with Gasteiger partial charge in [-0.3, -0.25) is 15.0 Å². The molecule has 4 rings (SSSR count). The second-order valence-corrected chi connectivity index (χ2v) is 7.82. The van der Waals surface area contributed by atoms with E-state index in [2.05, 4.69) is 20.7 Å². The average molecular weight is 382 g/mol. The Balaban J connectivity index is 1.42. The van der Waals surface area contributed by atoms with E-state index in [1.165, 1.54) is 23.4 Å². The number of pyridine rings is 1. The van der Waals surface area contributed by atoms with Crippen LogP contribution in [-0.4, -0.2) is 25.8 Å². The molecule has 8 heteroatoms. The summed E-state index contributed by atoms with van der Waals surface area (Å²) >= 11 is 1.72. The van der Waals surface area contributed by atoms with Gasteiger partial charge in [0.2, 0.25) is 0 Å². The zero-order valence-electron chi connectivity index (χ0n) is 15.4. The summed E-state index contributed by atoms with van der Waals surface area (Å²) in [6, 6.07) is 7.06. The van der Waals surface area contributed by atoms with Gasteiger partial charge in [0.05, 0.1) is 17.4 Å².